The number of pyridine rings is 1. The lowest BCUT2D eigenvalue weighted by molar-refractivity contribution is 0.0818. The maximum atomic E-state index is 6.26. The third-order valence-corrected chi connectivity index (χ3v) is 4.23. The molecule has 0 amide bonds. The molecular weight excluding hydrogens is 286 g/mol. The summed E-state index contributed by atoms with van der Waals surface area (Å²) < 4.78 is 5.42. The van der Waals surface area contributed by atoms with Gasteiger partial charge in [-0.25, -0.2) is 4.98 Å². The van der Waals surface area contributed by atoms with Crippen molar-refractivity contribution in [1.82, 2.24) is 10.3 Å². The van der Waals surface area contributed by atoms with Crippen LogP contribution in [0.1, 0.15) is 32.3 Å². The highest BCUT2D eigenvalue weighted by Crippen LogP contribution is 2.23. The monoisotopic (exact) mass is 311 g/mol. The van der Waals surface area contributed by atoms with Gasteiger partial charge >= 0.3 is 0 Å². The zero-order valence-electron chi connectivity index (χ0n) is 13.2. The van der Waals surface area contributed by atoms with Gasteiger partial charge < -0.3 is 15.0 Å². The molecule has 0 bridgehead atoms. The van der Waals surface area contributed by atoms with Crippen molar-refractivity contribution in [3.05, 3.63) is 22.8 Å². The fourth-order valence-electron chi connectivity index (χ4n) is 2.59. The van der Waals surface area contributed by atoms with Gasteiger partial charge in [-0.05, 0) is 36.9 Å². The Morgan fingerprint density at radius 1 is 1.43 bits per heavy atom. The summed E-state index contributed by atoms with van der Waals surface area (Å²) in [6, 6.07) is 2.11. The molecular formula is C16H26ClN3O. The number of hydrogen-bond donors (Lipinski definition) is 1. The molecule has 1 aromatic rings. The summed E-state index contributed by atoms with van der Waals surface area (Å²) in [4.78, 5) is 6.80. The van der Waals surface area contributed by atoms with Crippen LogP contribution in [0.3, 0.4) is 0 Å². The Hall–Kier alpha value is -0.840. The lowest BCUT2D eigenvalue weighted by Gasteiger charge is -2.32. The Bertz CT molecular complexity index is 445. The van der Waals surface area contributed by atoms with E-state index in [1.165, 1.54) is 0 Å². The summed E-state index contributed by atoms with van der Waals surface area (Å²) >= 11 is 6.26. The lowest BCUT2D eigenvalue weighted by atomic mass is 10.1. The second-order valence-corrected chi connectivity index (χ2v) is 6.49. The predicted molar refractivity (Wildman–Crippen MR) is 88.0 cm³/mol. The molecule has 1 aliphatic heterocycles. The van der Waals surface area contributed by atoms with E-state index in [-0.39, 0.29) is 0 Å². The molecule has 4 nitrogen and oxygen atoms in total. The van der Waals surface area contributed by atoms with Crippen molar-refractivity contribution in [3.8, 4) is 0 Å². The van der Waals surface area contributed by atoms with Gasteiger partial charge in [-0.3, -0.25) is 0 Å². The summed E-state index contributed by atoms with van der Waals surface area (Å²) in [7, 11) is 1.79. The third-order valence-electron chi connectivity index (χ3n) is 3.89. The van der Waals surface area contributed by atoms with E-state index < -0.39 is 0 Å². The van der Waals surface area contributed by atoms with Crippen LogP contribution in [-0.4, -0.2) is 37.8 Å². The van der Waals surface area contributed by atoms with Crippen molar-refractivity contribution in [2.45, 2.75) is 39.3 Å². The Balaban J connectivity index is 1.98. The highest BCUT2D eigenvalue weighted by molar-refractivity contribution is 6.31. The summed E-state index contributed by atoms with van der Waals surface area (Å²) in [5.74, 6) is 1.66. The lowest BCUT2D eigenvalue weighted by Crippen LogP contribution is -2.37. The van der Waals surface area contributed by atoms with E-state index in [9.17, 15) is 0 Å². The molecule has 1 aromatic heterocycles. The maximum absolute atomic E-state index is 6.26. The second kappa shape index (κ2) is 7.97. The first kappa shape index (κ1) is 16.5. The van der Waals surface area contributed by atoms with Crippen LogP contribution in [0.5, 0.6) is 0 Å². The Labute approximate surface area is 132 Å². The average molecular weight is 312 g/mol. The summed E-state index contributed by atoms with van der Waals surface area (Å²) in [6.45, 7) is 8.17. The molecule has 0 aromatic carbocycles. The average Bonchev–Trinajstić information content (AvgIpc) is 2.49. The molecule has 0 saturated carbocycles. The highest BCUT2D eigenvalue weighted by atomic mass is 35.5. The van der Waals surface area contributed by atoms with Gasteiger partial charge in [0.25, 0.3) is 0 Å². The molecule has 5 heteroatoms. The first-order chi connectivity index (χ1) is 10.1. The molecule has 1 N–H and O–H groups in total. The predicted octanol–water partition coefficient (Wildman–Crippen LogP) is 3.10. The number of aromatic nitrogens is 1. The number of nitrogens with zero attached hydrogens (tertiary/aromatic N) is 2. The summed E-state index contributed by atoms with van der Waals surface area (Å²) in [5, 5.41) is 4.18. The van der Waals surface area contributed by atoms with Crippen LogP contribution in [0.4, 0.5) is 5.82 Å². The quantitative estimate of drug-likeness (QED) is 0.876. The van der Waals surface area contributed by atoms with Crippen molar-refractivity contribution < 1.29 is 4.74 Å². The second-order valence-electron chi connectivity index (χ2n) is 6.08. The van der Waals surface area contributed by atoms with E-state index in [1.807, 2.05) is 0 Å². The number of ether oxygens (including phenoxy) is 1. The van der Waals surface area contributed by atoms with Crippen LogP contribution in [-0.2, 0) is 11.3 Å². The zero-order chi connectivity index (χ0) is 15.2. The van der Waals surface area contributed by atoms with Gasteiger partial charge in [0, 0.05) is 32.9 Å². The molecule has 0 atom stereocenters. The van der Waals surface area contributed by atoms with E-state index in [1.54, 1.807) is 13.3 Å². The normalized spacial score (nSPS) is 16.7. The molecule has 1 fully saturated rings. The number of nitrogens with one attached hydrogen (secondary N) is 1. The van der Waals surface area contributed by atoms with Crippen LogP contribution in [0, 0.1) is 5.92 Å². The maximum Gasteiger partial charge on any atom is 0.128 e. The van der Waals surface area contributed by atoms with Crippen molar-refractivity contribution >= 4 is 17.4 Å². The first-order valence-corrected chi connectivity index (χ1v) is 8.10. The van der Waals surface area contributed by atoms with E-state index in [4.69, 9.17) is 16.3 Å². The fourth-order valence-corrected chi connectivity index (χ4v) is 2.76. The van der Waals surface area contributed by atoms with Crippen molar-refractivity contribution in [1.29, 1.82) is 0 Å². The highest BCUT2D eigenvalue weighted by Gasteiger charge is 2.20. The van der Waals surface area contributed by atoms with Gasteiger partial charge in [0.05, 0.1) is 11.1 Å². The number of anilines is 1. The zero-order valence-corrected chi connectivity index (χ0v) is 14.0. The van der Waals surface area contributed by atoms with E-state index >= 15 is 0 Å². The number of halogens is 1. The van der Waals surface area contributed by atoms with Gasteiger partial charge in [-0.15, -0.1) is 0 Å². The van der Waals surface area contributed by atoms with Crippen LogP contribution >= 0.6 is 11.6 Å². The Morgan fingerprint density at radius 3 is 2.76 bits per heavy atom. The standard InChI is InChI=1S/C16H26ClN3O/c1-12(2)9-18-10-13-8-16(19-11-15(13)17)20-6-4-14(21-3)5-7-20/h8,11-12,14,18H,4-7,9-10H2,1-3H3. The van der Waals surface area contributed by atoms with Crippen molar-refractivity contribution in [3.63, 3.8) is 0 Å². The van der Waals surface area contributed by atoms with Crippen LogP contribution < -0.4 is 10.2 Å². The van der Waals surface area contributed by atoms with Gasteiger partial charge in [-0.1, -0.05) is 25.4 Å². The topological polar surface area (TPSA) is 37.4 Å². The SMILES string of the molecule is COC1CCN(c2cc(CNCC(C)C)c(Cl)cn2)CC1. The van der Waals surface area contributed by atoms with E-state index in [0.717, 1.165) is 55.4 Å². The van der Waals surface area contributed by atoms with Crippen LogP contribution in [0.2, 0.25) is 5.02 Å². The van der Waals surface area contributed by atoms with Crippen LogP contribution in [0.15, 0.2) is 12.3 Å². The molecule has 2 heterocycles. The summed E-state index contributed by atoms with van der Waals surface area (Å²) in [5.41, 5.74) is 1.12. The minimum Gasteiger partial charge on any atom is -0.381 e. The van der Waals surface area contributed by atoms with E-state index in [0.29, 0.717) is 12.0 Å². The number of hydrogen-bond acceptors (Lipinski definition) is 4. The van der Waals surface area contributed by atoms with Gasteiger partial charge in [0.15, 0.2) is 0 Å². The molecule has 0 aliphatic carbocycles. The number of methoxy groups -OCH3 is 1. The molecule has 1 aliphatic rings. The minimum absolute atomic E-state index is 0.390. The van der Waals surface area contributed by atoms with E-state index in [2.05, 4.69) is 35.1 Å². The van der Waals surface area contributed by atoms with Crippen molar-refractivity contribution in [2.75, 3.05) is 31.6 Å². The molecule has 21 heavy (non-hydrogen) atoms. The molecule has 0 unspecified atom stereocenters. The minimum atomic E-state index is 0.390. The number of piperidine rings is 1. The first-order valence-electron chi connectivity index (χ1n) is 7.73. The molecule has 1 saturated heterocycles. The smallest absolute Gasteiger partial charge is 0.128 e. The molecule has 2 rings (SSSR count). The Kier molecular flexibility index (Phi) is 6.27. The van der Waals surface area contributed by atoms with Gasteiger partial charge in [0.1, 0.15) is 5.82 Å². The third kappa shape index (κ3) is 4.83. The fraction of sp³-hybridized carbons (Fsp3) is 0.688. The number of rotatable bonds is 6. The van der Waals surface area contributed by atoms with Gasteiger partial charge in [0.2, 0.25) is 0 Å². The molecule has 118 valence electrons. The summed E-state index contributed by atoms with van der Waals surface area (Å²) in [6.07, 6.45) is 4.27. The van der Waals surface area contributed by atoms with Crippen LogP contribution in [0.25, 0.3) is 0 Å². The Morgan fingerprint density at radius 2 is 2.14 bits per heavy atom. The molecule has 0 radical (unpaired) electrons. The van der Waals surface area contributed by atoms with Crippen molar-refractivity contribution in [2.24, 2.45) is 5.92 Å². The largest absolute Gasteiger partial charge is 0.381 e. The molecule has 0 spiro atoms. The van der Waals surface area contributed by atoms with Gasteiger partial charge in [-0.2, -0.15) is 0 Å².